The lowest BCUT2D eigenvalue weighted by molar-refractivity contribution is -0.384. The highest BCUT2D eigenvalue weighted by molar-refractivity contribution is 7.86. The topological polar surface area (TPSA) is 217 Å². The number of phenols is 2. The number of non-ortho nitro benzene ring substituents is 1. The van der Waals surface area contributed by atoms with Crippen molar-refractivity contribution in [2.75, 3.05) is 0 Å². The summed E-state index contributed by atoms with van der Waals surface area (Å²) in [6.07, 6.45) is 0. The normalized spacial score (nSPS) is 12.5. The van der Waals surface area contributed by atoms with Gasteiger partial charge in [-0.15, -0.1) is 10.2 Å². The second-order valence-electron chi connectivity index (χ2n) is 7.17. The molecule has 0 aromatic heterocycles. The molecule has 4 rings (SSSR count). The Kier molecular flexibility index (Phi) is 5.64. The molecule has 0 atom stereocenters. The minimum Gasteiger partial charge on any atom is -0.506 e. The number of azo groups is 1. The molecule has 0 saturated heterocycles. The number of nitrogens with zero attached hydrogens (tertiary/aromatic N) is 3. The minimum atomic E-state index is -4.90. The number of fused-ring (bicyclic) bond motifs is 2. The van der Waals surface area contributed by atoms with E-state index in [2.05, 4.69) is 10.2 Å². The number of phenolic OH excluding ortho intramolecular Hbond substituents is 2. The second-order valence-corrected chi connectivity index (χ2v) is 9.95. The summed E-state index contributed by atoms with van der Waals surface area (Å²) in [7, 11) is -9.61. The van der Waals surface area contributed by atoms with Crippen LogP contribution in [0.2, 0.25) is 0 Å². The number of hydrogen-bond donors (Lipinski definition) is 4. The molecule has 4 aromatic carbocycles. The Labute approximate surface area is 196 Å². The molecule has 0 fully saturated rings. The van der Waals surface area contributed by atoms with Crippen molar-refractivity contribution in [2.24, 2.45) is 10.2 Å². The molecule has 0 amide bonds. The maximum Gasteiger partial charge on any atom is 0.295 e. The van der Waals surface area contributed by atoms with Crippen molar-refractivity contribution in [3.8, 4) is 11.5 Å². The SMILES string of the molecule is O=[N+]([O-])c1ccc2c(N=Nc3ccc4cccc(S(=O)(=O)O)c4c3O)c(O)cc(S(=O)(=O)O)c2c1. The smallest absolute Gasteiger partial charge is 0.295 e. The summed E-state index contributed by atoms with van der Waals surface area (Å²) >= 11 is 0. The molecule has 0 spiro atoms. The summed E-state index contributed by atoms with van der Waals surface area (Å²) in [5, 5.41) is 39.3. The van der Waals surface area contributed by atoms with E-state index < -0.39 is 52.1 Å². The molecule has 0 aliphatic heterocycles. The predicted molar refractivity (Wildman–Crippen MR) is 122 cm³/mol. The number of nitro benzene ring substituents is 1. The largest absolute Gasteiger partial charge is 0.506 e. The molecule has 0 aliphatic carbocycles. The number of rotatable bonds is 5. The maximum absolute atomic E-state index is 11.8. The molecule has 4 aromatic rings. The molecule has 15 heteroatoms. The first kappa shape index (κ1) is 24.0. The van der Waals surface area contributed by atoms with Gasteiger partial charge in [0, 0.05) is 34.4 Å². The highest BCUT2D eigenvalue weighted by Crippen LogP contribution is 2.43. The quantitative estimate of drug-likeness (QED) is 0.127. The zero-order chi connectivity index (χ0) is 25.7. The summed E-state index contributed by atoms with van der Waals surface area (Å²) in [5.74, 6) is -1.42. The summed E-state index contributed by atoms with van der Waals surface area (Å²) in [6, 6.07) is 10.2. The van der Waals surface area contributed by atoms with Crippen LogP contribution in [0.25, 0.3) is 21.5 Å². The fourth-order valence-electron chi connectivity index (χ4n) is 3.50. The van der Waals surface area contributed by atoms with Crippen molar-refractivity contribution in [3.63, 3.8) is 0 Å². The van der Waals surface area contributed by atoms with Gasteiger partial charge in [-0.05, 0) is 23.6 Å². The van der Waals surface area contributed by atoms with E-state index in [9.17, 15) is 46.3 Å². The van der Waals surface area contributed by atoms with Crippen LogP contribution in [0.1, 0.15) is 0 Å². The predicted octanol–water partition coefficient (Wildman–Crippen LogP) is 4.22. The van der Waals surface area contributed by atoms with Crippen LogP contribution in [0.15, 0.2) is 74.6 Å². The molecule has 0 aliphatic rings. The first-order valence-electron chi connectivity index (χ1n) is 9.34. The molecule has 0 heterocycles. The van der Waals surface area contributed by atoms with Gasteiger partial charge in [0.25, 0.3) is 25.9 Å². The standard InChI is InChI=1S/C20H13N3O10S2/c24-15-9-17(35(31,32)33)13-8-11(23(26)27)5-6-12(13)19(15)22-21-14-7-4-10-2-1-3-16(34(28,29)30)18(10)20(14)25/h1-9,24-25H,(H,28,29,30)(H,31,32,33). The summed E-state index contributed by atoms with van der Waals surface area (Å²) < 4.78 is 65.9. The van der Waals surface area contributed by atoms with E-state index in [-0.39, 0.29) is 32.9 Å². The van der Waals surface area contributed by atoms with E-state index in [4.69, 9.17) is 0 Å². The van der Waals surface area contributed by atoms with E-state index in [0.29, 0.717) is 6.07 Å². The Morgan fingerprint density at radius 3 is 2.11 bits per heavy atom. The van der Waals surface area contributed by atoms with Gasteiger partial charge in [0.05, 0.1) is 4.92 Å². The number of hydrogen-bond acceptors (Lipinski definition) is 10. The molecule has 35 heavy (non-hydrogen) atoms. The fourth-order valence-corrected chi connectivity index (χ4v) is 4.93. The zero-order valence-electron chi connectivity index (χ0n) is 17.1. The third-order valence-corrected chi connectivity index (χ3v) is 6.81. The van der Waals surface area contributed by atoms with Crippen LogP contribution in [-0.4, -0.2) is 41.1 Å². The summed E-state index contributed by atoms with van der Waals surface area (Å²) in [5.41, 5.74) is -1.13. The zero-order valence-corrected chi connectivity index (χ0v) is 18.7. The monoisotopic (exact) mass is 519 g/mol. The molecular formula is C20H13N3O10S2. The second kappa shape index (κ2) is 8.24. The van der Waals surface area contributed by atoms with Crippen LogP contribution in [-0.2, 0) is 20.2 Å². The van der Waals surface area contributed by atoms with E-state index in [1.165, 1.54) is 24.3 Å². The third-order valence-electron chi connectivity index (χ3n) is 5.02. The first-order chi connectivity index (χ1) is 16.3. The molecule has 180 valence electrons. The number of nitro groups is 1. The average molecular weight is 519 g/mol. The maximum atomic E-state index is 11.8. The Hall–Kier alpha value is -4.18. The summed E-state index contributed by atoms with van der Waals surface area (Å²) in [6.45, 7) is 0. The van der Waals surface area contributed by atoms with E-state index in [1.807, 2.05) is 0 Å². The Balaban J connectivity index is 1.96. The number of aromatic hydroxyl groups is 2. The summed E-state index contributed by atoms with van der Waals surface area (Å²) in [4.78, 5) is 8.95. The minimum absolute atomic E-state index is 0.133. The molecule has 4 N–H and O–H groups in total. The van der Waals surface area contributed by atoms with Crippen LogP contribution in [0.5, 0.6) is 11.5 Å². The van der Waals surface area contributed by atoms with E-state index >= 15 is 0 Å². The lowest BCUT2D eigenvalue weighted by Crippen LogP contribution is -2.00. The first-order valence-corrected chi connectivity index (χ1v) is 12.2. The van der Waals surface area contributed by atoms with Crippen LogP contribution >= 0.6 is 0 Å². The lowest BCUT2D eigenvalue weighted by atomic mass is 10.1. The fraction of sp³-hybridized carbons (Fsp3) is 0. The molecule has 0 radical (unpaired) electrons. The van der Waals surface area contributed by atoms with Crippen molar-refractivity contribution >= 4 is 58.8 Å². The van der Waals surface area contributed by atoms with E-state index in [1.54, 1.807) is 0 Å². The molecular weight excluding hydrogens is 506 g/mol. The van der Waals surface area contributed by atoms with Gasteiger partial charge in [0.1, 0.15) is 26.9 Å². The highest BCUT2D eigenvalue weighted by atomic mass is 32.2. The van der Waals surface area contributed by atoms with Gasteiger partial charge in [-0.25, -0.2) is 0 Å². The van der Waals surface area contributed by atoms with Crippen LogP contribution in [0.3, 0.4) is 0 Å². The molecule has 0 bridgehead atoms. The molecule has 0 unspecified atom stereocenters. The van der Waals surface area contributed by atoms with Gasteiger partial charge in [-0.1, -0.05) is 18.2 Å². The molecule has 13 nitrogen and oxygen atoms in total. The Morgan fingerprint density at radius 2 is 1.49 bits per heavy atom. The number of benzene rings is 4. The van der Waals surface area contributed by atoms with Gasteiger partial charge < -0.3 is 10.2 Å². The highest BCUT2D eigenvalue weighted by Gasteiger charge is 2.23. The van der Waals surface area contributed by atoms with Crippen molar-refractivity contribution in [2.45, 2.75) is 9.79 Å². The Bertz CT molecular complexity index is 1800. The van der Waals surface area contributed by atoms with E-state index in [0.717, 1.165) is 24.3 Å². The lowest BCUT2D eigenvalue weighted by Gasteiger charge is -2.09. The van der Waals surface area contributed by atoms with Crippen LogP contribution < -0.4 is 0 Å². The van der Waals surface area contributed by atoms with Gasteiger partial charge in [-0.2, -0.15) is 16.8 Å². The average Bonchev–Trinajstić information content (AvgIpc) is 2.77. The van der Waals surface area contributed by atoms with Gasteiger partial charge in [-0.3, -0.25) is 19.2 Å². The molecule has 0 saturated carbocycles. The van der Waals surface area contributed by atoms with Gasteiger partial charge in [0.15, 0.2) is 5.75 Å². The van der Waals surface area contributed by atoms with Crippen molar-refractivity contribution in [1.29, 1.82) is 0 Å². The van der Waals surface area contributed by atoms with Gasteiger partial charge >= 0.3 is 0 Å². The van der Waals surface area contributed by atoms with Crippen molar-refractivity contribution < 1.29 is 41.1 Å². The van der Waals surface area contributed by atoms with Gasteiger partial charge in [0.2, 0.25) is 0 Å². The van der Waals surface area contributed by atoms with Crippen molar-refractivity contribution in [1.82, 2.24) is 0 Å². The Morgan fingerprint density at radius 1 is 0.800 bits per heavy atom. The third kappa shape index (κ3) is 4.35. The van der Waals surface area contributed by atoms with Crippen LogP contribution in [0, 0.1) is 10.1 Å². The van der Waals surface area contributed by atoms with Crippen LogP contribution in [0.4, 0.5) is 17.1 Å². The van der Waals surface area contributed by atoms with Crippen molar-refractivity contribution in [3.05, 3.63) is 64.7 Å².